The summed E-state index contributed by atoms with van der Waals surface area (Å²) in [5.74, 6) is 0. The highest BCUT2D eigenvalue weighted by Crippen LogP contribution is 2.40. The largest absolute Gasteiger partial charge is 0.369 e. The normalized spacial score (nSPS) is 16.6. The minimum absolute atomic E-state index is 0.402. The number of hydrogen-bond donors (Lipinski definition) is 1. The SMILES string of the molecule is Cc1cccc(NSc2ccc(SN(C)C)s2)c1N1CCC(C)(C)C1. The maximum absolute atomic E-state index is 3.60. The zero-order valence-electron chi connectivity index (χ0n) is 15.6. The van der Waals surface area contributed by atoms with Crippen LogP contribution in [-0.2, 0) is 0 Å². The van der Waals surface area contributed by atoms with Crippen LogP contribution in [0.4, 0.5) is 11.4 Å². The first-order valence-corrected chi connectivity index (χ1v) is 11.0. The predicted molar refractivity (Wildman–Crippen MR) is 115 cm³/mol. The van der Waals surface area contributed by atoms with Crippen molar-refractivity contribution in [1.29, 1.82) is 0 Å². The molecule has 1 fully saturated rings. The van der Waals surface area contributed by atoms with E-state index < -0.39 is 0 Å². The fourth-order valence-electron chi connectivity index (χ4n) is 3.16. The van der Waals surface area contributed by atoms with E-state index in [2.05, 4.69) is 79.1 Å². The van der Waals surface area contributed by atoms with E-state index in [-0.39, 0.29) is 0 Å². The lowest BCUT2D eigenvalue weighted by Crippen LogP contribution is -2.24. The quantitative estimate of drug-likeness (QED) is 0.607. The Labute approximate surface area is 164 Å². The lowest BCUT2D eigenvalue weighted by molar-refractivity contribution is 0.418. The lowest BCUT2D eigenvalue weighted by Gasteiger charge is -2.26. The average Bonchev–Trinajstić information content (AvgIpc) is 3.10. The molecule has 25 heavy (non-hydrogen) atoms. The van der Waals surface area contributed by atoms with Gasteiger partial charge in [0.25, 0.3) is 0 Å². The molecule has 0 aliphatic carbocycles. The molecule has 1 aliphatic heterocycles. The van der Waals surface area contributed by atoms with Crippen LogP contribution < -0.4 is 9.62 Å². The maximum atomic E-state index is 3.60. The zero-order chi connectivity index (χ0) is 18.0. The summed E-state index contributed by atoms with van der Waals surface area (Å²) in [6, 6.07) is 10.9. The molecule has 1 N–H and O–H groups in total. The van der Waals surface area contributed by atoms with E-state index in [0.717, 1.165) is 13.1 Å². The van der Waals surface area contributed by atoms with Gasteiger partial charge in [-0.3, -0.25) is 4.31 Å². The van der Waals surface area contributed by atoms with Crippen molar-refractivity contribution in [3.05, 3.63) is 35.9 Å². The minimum Gasteiger partial charge on any atom is -0.369 e. The van der Waals surface area contributed by atoms with Gasteiger partial charge in [0.05, 0.1) is 19.8 Å². The predicted octanol–water partition coefficient (Wildman–Crippen LogP) is 5.98. The van der Waals surface area contributed by atoms with Crippen LogP contribution in [0.15, 0.2) is 38.8 Å². The molecule has 0 spiro atoms. The summed E-state index contributed by atoms with van der Waals surface area (Å²) in [6.07, 6.45) is 1.25. The Morgan fingerprint density at radius 2 is 1.92 bits per heavy atom. The van der Waals surface area contributed by atoms with E-state index in [4.69, 9.17) is 0 Å². The smallest absolute Gasteiger partial charge is 0.0820 e. The van der Waals surface area contributed by atoms with Crippen molar-refractivity contribution in [2.45, 2.75) is 35.6 Å². The first-order chi connectivity index (χ1) is 11.8. The van der Waals surface area contributed by atoms with Gasteiger partial charge in [0.1, 0.15) is 0 Å². The molecule has 0 radical (unpaired) electrons. The Morgan fingerprint density at radius 3 is 2.60 bits per heavy atom. The van der Waals surface area contributed by atoms with Crippen LogP contribution >= 0.6 is 35.2 Å². The van der Waals surface area contributed by atoms with Crippen molar-refractivity contribution in [3.8, 4) is 0 Å². The van der Waals surface area contributed by atoms with Crippen LogP contribution in [0, 0.1) is 12.3 Å². The molecule has 1 aliphatic rings. The van der Waals surface area contributed by atoms with E-state index in [1.54, 1.807) is 23.9 Å². The number of aryl methyl sites for hydroxylation is 1. The molecular weight excluding hydrogens is 366 g/mol. The molecule has 2 heterocycles. The summed E-state index contributed by atoms with van der Waals surface area (Å²) in [7, 11) is 4.15. The van der Waals surface area contributed by atoms with E-state index in [1.165, 1.54) is 31.8 Å². The highest BCUT2D eigenvalue weighted by molar-refractivity contribution is 8.03. The van der Waals surface area contributed by atoms with Gasteiger partial charge in [-0.05, 0) is 80.5 Å². The van der Waals surface area contributed by atoms with Crippen molar-refractivity contribution in [2.24, 2.45) is 5.41 Å². The molecule has 1 aromatic carbocycles. The van der Waals surface area contributed by atoms with E-state index >= 15 is 0 Å². The molecular formula is C19H27N3S3. The number of rotatable bonds is 6. The van der Waals surface area contributed by atoms with Gasteiger partial charge in [-0.25, -0.2) is 0 Å². The van der Waals surface area contributed by atoms with E-state index in [1.807, 2.05) is 11.3 Å². The number of thiophene rings is 1. The summed E-state index contributed by atoms with van der Waals surface area (Å²) in [4.78, 5) is 2.54. The second-order valence-corrected chi connectivity index (χ2v) is 11.3. The summed E-state index contributed by atoms with van der Waals surface area (Å²) >= 11 is 5.31. The van der Waals surface area contributed by atoms with Crippen molar-refractivity contribution < 1.29 is 0 Å². The highest BCUT2D eigenvalue weighted by atomic mass is 32.2. The van der Waals surface area contributed by atoms with Gasteiger partial charge in [0, 0.05) is 13.1 Å². The second-order valence-electron chi connectivity index (χ2n) is 7.49. The molecule has 2 aromatic rings. The molecule has 1 aromatic heterocycles. The van der Waals surface area contributed by atoms with Crippen LogP contribution in [0.3, 0.4) is 0 Å². The Hall–Kier alpha value is -0.820. The summed E-state index contributed by atoms with van der Waals surface area (Å²) in [6.45, 7) is 9.21. The molecule has 0 unspecified atom stereocenters. The standard InChI is InChI=1S/C19H27N3S3/c1-14-7-6-8-15(18(14)22-12-11-19(2,3)13-22)20-24-16-9-10-17(23-16)25-21(4)5/h6-10,20H,11-13H2,1-5H3. The van der Waals surface area contributed by atoms with Crippen LogP contribution in [0.5, 0.6) is 0 Å². The van der Waals surface area contributed by atoms with Gasteiger partial charge in [0.15, 0.2) is 0 Å². The van der Waals surface area contributed by atoms with Gasteiger partial charge in [0.2, 0.25) is 0 Å². The first kappa shape index (κ1) is 19.0. The second kappa shape index (κ2) is 7.82. The topological polar surface area (TPSA) is 18.5 Å². The molecule has 0 atom stereocenters. The minimum atomic E-state index is 0.402. The van der Waals surface area contributed by atoms with Crippen LogP contribution in [-0.4, -0.2) is 31.5 Å². The van der Waals surface area contributed by atoms with Crippen molar-refractivity contribution in [2.75, 3.05) is 36.8 Å². The number of nitrogens with zero attached hydrogens (tertiary/aromatic N) is 2. The van der Waals surface area contributed by atoms with Crippen molar-refractivity contribution in [3.63, 3.8) is 0 Å². The number of anilines is 2. The summed E-state index contributed by atoms with van der Waals surface area (Å²) < 4.78 is 8.34. The molecule has 0 bridgehead atoms. The zero-order valence-corrected chi connectivity index (χ0v) is 18.1. The Balaban J connectivity index is 1.72. The molecule has 136 valence electrons. The third-order valence-electron chi connectivity index (χ3n) is 4.32. The monoisotopic (exact) mass is 393 g/mol. The fraction of sp³-hybridized carbons (Fsp3) is 0.474. The first-order valence-electron chi connectivity index (χ1n) is 8.57. The molecule has 6 heteroatoms. The third-order valence-corrected chi connectivity index (χ3v) is 7.31. The summed E-state index contributed by atoms with van der Waals surface area (Å²) in [5.41, 5.74) is 4.33. The fourth-order valence-corrected chi connectivity index (χ4v) is 6.21. The third kappa shape index (κ3) is 4.88. The number of para-hydroxylation sites is 1. The number of nitrogens with one attached hydrogen (secondary N) is 1. The maximum Gasteiger partial charge on any atom is 0.0820 e. The Kier molecular flexibility index (Phi) is 5.93. The van der Waals surface area contributed by atoms with Crippen LogP contribution in [0.25, 0.3) is 0 Å². The summed E-state index contributed by atoms with van der Waals surface area (Å²) in [5, 5.41) is 0. The Morgan fingerprint density at radius 1 is 1.16 bits per heavy atom. The van der Waals surface area contributed by atoms with Crippen LogP contribution in [0.2, 0.25) is 0 Å². The van der Waals surface area contributed by atoms with Gasteiger partial charge < -0.3 is 9.62 Å². The molecule has 0 saturated carbocycles. The highest BCUT2D eigenvalue weighted by Gasteiger charge is 2.31. The van der Waals surface area contributed by atoms with Crippen molar-refractivity contribution >= 4 is 46.6 Å². The molecule has 3 rings (SSSR count). The van der Waals surface area contributed by atoms with E-state index in [9.17, 15) is 0 Å². The average molecular weight is 394 g/mol. The molecule has 0 amide bonds. The van der Waals surface area contributed by atoms with E-state index in [0.29, 0.717) is 5.41 Å². The Bertz CT molecular complexity index is 724. The lowest BCUT2D eigenvalue weighted by atomic mass is 9.93. The van der Waals surface area contributed by atoms with Gasteiger partial charge in [-0.15, -0.1) is 11.3 Å². The van der Waals surface area contributed by atoms with Crippen molar-refractivity contribution in [1.82, 2.24) is 4.31 Å². The molecule has 3 nitrogen and oxygen atoms in total. The number of benzene rings is 1. The van der Waals surface area contributed by atoms with Gasteiger partial charge >= 0.3 is 0 Å². The van der Waals surface area contributed by atoms with Gasteiger partial charge in [-0.1, -0.05) is 26.0 Å². The molecule has 1 saturated heterocycles. The number of hydrogen-bond acceptors (Lipinski definition) is 6. The van der Waals surface area contributed by atoms with Gasteiger partial charge in [-0.2, -0.15) is 0 Å². The van der Waals surface area contributed by atoms with Crippen LogP contribution in [0.1, 0.15) is 25.8 Å².